The third-order valence-electron chi connectivity index (χ3n) is 4.40. The van der Waals surface area contributed by atoms with Crippen LogP contribution in [0.5, 0.6) is 5.75 Å². The Hall–Kier alpha value is -2.82. The van der Waals surface area contributed by atoms with Crippen LogP contribution in [-0.4, -0.2) is 29.6 Å². The maximum atomic E-state index is 12.3. The highest BCUT2D eigenvalue weighted by molar-refractivity contribution is 5.94. The van der Waals surface area contributed by atoms with Crippen molar-refractivity contribution in [2.45, 2.75) is 32.3 Å². The van der Waals surface area contributed by atoms with Gasteiger partial charge in [-0.25, -0.2) is 0 Å². The Kier molecular flexibility index (Phi) is 5.56. The van der Waals surface area contributed by atoms with Gasteiger partial charge >= 0.3 is 5.97 Å². The maximum absolute atomic E-state index is 12.3. The van der Waals surface area contributed by atoms with Gasteiger partial charge in [-0.2, -0.15) is 0 Å². The first-order chi connectivity index (χ1) is 12.5. The van der Waals surface area contributed by atoms with Gasteiger partial charge in [0.15, 0.2) is 0 Å². The highest BCUT2D eigenvalue weighted by Gasteiger charge is 2.23. The summed E-state index contributed by atoms with van der Waals surface area (Å²) in [4.78, 5) is 23.8. The number of benzene rings is 2. The third kappa shape index (κ3) is 5.09. The summed E-state index contributed by atoms with van der Waals surface area (Å²) in [5.41, 5.74) is 2.56. The SMILES string of the molecule is Cc1ccc(CC(CNC(=O)c2ccc(OC3CC3)cc2)C(=O)O)cc1. The minimum atomic E-state index is -0.918. The molecule has 1 amide bonds. The molecule has 5 heteroatoms. The first kappa shape index (κ1) is 18.0. The van der Waals surface area contributed by atoms with Gasteiger partial charge in [-0.05, 0) is 56.0 Å². The molecule has 1 aliphatic carbocycles. The van der Waals surface area contributed by atoms with Crippen LogP contribution in [0.4, 0.5) is 0 Å². The number of rotatable bonds is 8. The maximum Gasteiger partial charge on any atom is 0.308 e. The Bertz CT molecular complexity index is 764. The first-order valence-electron chi connectivity index (χ1n) is 8.84. The van der Waals surface area contributed by atoms with Gasteiger partial charge in [0.2, 0.25) is 0 Å². The average molecular weight is 353 g/mol. The molecule has 1 atom stereocenters. The topological polar surface area (TPSA) is 75.6 Å². The van der Waals surface area contributed by atoms with Gasteiger partial charge < -0.3 is 15.2 Å². The Balaban J connectivity index is 1.54. The molecule has 2 aromatic carbocycles. The molecule has 136 valence electrons. The Morgan fingerprint density at radius 2 is 1.77 bits per heavy atom. The molecule has 0 spiro atoms. The lowest BCUT2D eigenvalue weighted by molar-refractivity contribution is -0.141. The molecule has 2 aromatic rings. The van der Waals surface area contributed by atoms with Crippen molar-refractivity contribution in [3.8, 4) is 5.75 Å². The molecule has 1 saturated carbocycles. The summed E-state index contributed by atoms with van der Waals surface area (Å²) in [6.07, 6.45) is 2.86. The molecule has 2 N–H and O–H groups in total. The molecule has 0 aromatic heterocycles. The fourth-order valence-electron chi connectivity index (χ4n) is 2.64. The quantitative estimate of drug-likeness (QED) is 0.764. The smallest absolute Gasteiger partial charge is 0.308 e. The molecule has 1 aliphatic rings. The van der Waals surface area contributed by atoms with E-state index in [-0.39, 0.29) is 12.5 Å². The average Bonchev–Trinajstić information content (AvgIpc) is 3.44. The summed E-state index contributed by atoms with van der Waals surface area (Å²) in [5, 5.41) is 12.2. The fraction of sp³-hybridized carbons (Fsp3) is 0.333. The predicted octanol–water partition coefficient (Wildman–Crippen LogP) is 3.21. The van der Waals surface area contributed by atoms with Gasteiger partial charge in [0.25, 0.3) is 5.91 Å². The zero-order valence-electron chi connectivity index (χ0n) is 14.8. The number of amides is 1. The largest absolute Gasteiger partial charge is 0.490 e. The van der Waals surface area contributed by atoms with E-state index in [0.717, 1.165) is 29.7 Å². The van der Waals surface area contributed by atoms with Crippen LogP contribution in [0.15, 0.2) is 48.5 Å². The van der Waals surface area contributed by atoms with Crippen molar-refractivity contribution in [3.05, 3.63) is 65.2 Å². The Labute approximate surface area is 153 Å². The third-order valence-corrected chi connectivity index (χ3v) is 4.40. The molecule has 0 saturated heterocycles. The number of nitrogens with one attached hydrogen (secondary N) is 1. The van der Waals surface area contributed by atoms with Crippen molar-refractivity contribution >= 4 is 11.9 Å². The fourth-order valence-corrected chi connectivity index (χ4v) is 2.64. The van der Waals surface area contributed by atoms with Crippen LogP contribution < -0.4 is 10.1 Å². The van der Waals surface area contributed by atoms with E-state index in [1.165, 1.54) is 0 Å². The second-order valence-electron chi connectivity index (χ2n) is 6.78. The zero-order valence-corrected chi connectivity index (χ0v) is 14.8. The molecule has 1 fully saturated rings. The summed E-state index contributed by atoms with van der Waals surface area (Å²) < 4.78 is 5.66. The standard InChI is InChI=1S/C21H23NO4/c1-14-2-4-15(5-3-14)12-17(21(24)25)13-22-20(23)16-6-8-18(9-7-16)26-19-10-11-19/h2-9,17,19H,10-13H2,1H3,(H,22,23)(H,24,25). The van der Waals surface area contributed by atoms with Crippen molar-refractivity contribution in [1.82, 2.24) is 5.32 Å². The molecule has 0 radical (unpaired) electrons. The van der Waals surface area contributed by atoms with Gasteiger partial charge in [0, 0.05) is 12.1 Å². The number of aryl methyl sites for hydroxylation is 1. The summed E-state index contributed by atoms with van der Waals surface area (Å²) in [6.45, 7) is 2.07. The van der Waals surface area contributed by atoms with Gasteiger partial charge in [-0.1, -0.05) is 29.8 Å². The lowest BCUT2D eigenvalue weighted by atomic mass is 9.98. The molecular weight excluding hydrogens is 330 g/mol. The van der Waals surface area contributed by atoms with Crippen LogP contribution in [-0.2, 0) is 11.2 Å². The highest BCUT2D eigenvalue weighted by atomic mass is 16.5. The molecular formula is C21H23NO4. The van der Waals surface area contributed by atoms with Crippen molar-refractivity contribution in [2.24, 2.45) is 5.92 Å². The van der Waals surface area contributed by atoms with Crippen LogP contribution in [0.3, 0.4) is 0 Å². The second kappa shape index (κ2) is 8.04. The zero-order chi connectivity index (χ0) is 18.5. The monoisotopic (exact) mass is 353 g/mol. The molecule has 3 rings (SSSR count). The van der Waals surface area contributed by atoms with Crippen molar-refractivity contribution in [1.29, 1.82) is 0 Å². The minimum absolute atomic E-state index is 0.0857. The van der Waals surface area contributed by atoms with E-state index in [1.807, 2.05) is 31.2 Å². The molecule has 26 heavy (non-hydrogen) atoms. The van der Waals surface area contributed by atoms with E-state index in [2.05, 4.69) is 5.32 Å². The number of aliphatic carboxylic acids is 1. The molecule has 5 nitrogen and oxygen atoms in total. The number of carbonyl (C=O) groups excluding carboxylic acids is 1. The number of ether oxygens (including phenoxy) is 1. The van der Waals surface area contributed by atoms with E-state index >= 15 is 0 Å². The van der Waals surface area contributed by atoms with Crippen LogP contribution in [0.25, 0.3) is 0 Å². The van der Waals surface area contributed by atoms with Gasteiger partial charge in [0.05, 0.1) is 12.0 Å². The predicted molar refractivity (Wildman–Crippen MR) is 98.4 cm³/mol. The highest BCUT2D eigenvalue weighted by Crippen LogP contribution is 2.26. The number of carbonyl (C=O) groups is 2. The van der Waals surface area contributed by atoms with Crippen molar-refractivity contribution in [3.63, 3.8) is 0 Å². The van der Waals surface area contributed by atoms with Gasteiger partial charge in [-0.15, -0.1) is 0 Å². The van der Waals surface area contributed by atoms with E-state index in [9.17, 15) is 14.7 Å². The van der Waals surface area contributed by atoms with Gasteiger partial charge in [0.1, 0.15) is 5.75 Å². The minimum Gasteiger partial charge on any atom is -0.490 e. The van der Waals surface area contributed by atoms with E-state index in [1.54, 1.807) is 24.3 Å². The number of hydrogen-bond donors (Lipinski definition) is 2. The van der Waals surface area contributed by atoms with Gasteiger partial charge in [-0.3, -0.25) is 9.59 Å². The lowest BCUT2D eigenvalue weighted by Crippen LogP contribution is -2.34. The Morgan fingerprint density at radius 3 is 2.35 bits per heavy atom. The Morgan fingerprint density at radius 1 is 1.12 bits per heavy atom. The molecule has 0 aliphatic heterocycles. The summed E-state index contributed by atoms with van der Waals surface area (Å²) >= 11 is 0. The van der Waals surface area contributed by atoms with E-state index in [4.69, 9.17) is 4.74 Å². The van der Waals surface area contributed by atoms with Crippen molar-refractivity contribution < 1.29 is 19.4 Å². The van der Waals surface area contributed by atoms with E-state index < -0.39 is 11.9 Å². The number of carboxylic acid groups (broad SMARTS) is 1. The first-order valence-corrected chi connectivity index (χ1v) is 8.84. The molecule has 1 unspecified atom stereocenters. The molecule has 0 bridgehead atoms. The number of carboxylic acids is 1. The van der Waals surface area contributed by atoms with Crippen LogP contribution >= 0.6 is 0 Å². The number of hydrogen-bond acceptors (Lipinski definition) is 3. The molecule has 0 heterocycles. The lowest BCUT2D eigenvalue weighted by Gasteiger charge is -2.14. The van der Waals surface area contributed by atoms with E-state index in [0.29, 0.717) is 18.1 Å². The second-order valence-corrected chi connectivity index (χ2v) is 6.78. The van der Waals surface area contributed by atoms with Crippen molar-refractivity contribution in [2.75, 3.05) is 6.54 Å². The van der Waals surface area contributed by atoms with Crippen LogP contribution in [0.1, 0.15) is 34.3 Å². The van der Waals surface area contributed by atoms with Crippen LogP contribution in [0.2, 0.25) is 0 Å². The summed E-state index contributed by atoms with van der Waals surface area (Å²) in [7, 11) is 0. The normalized spacial score (nSPS) is 14.5. The summed E-state index contributed by atoms with van der Waals surface area (Å²) in [6, 6.07) is 14.7. The van der Waals surface area contributed by atoms with Crippen LogP contribution in [0, 0.1) is 12.8 Å². The summed E-state index contributed by atoms with van der Waals surface area (Å²) in [5.74, 6) is -1.11.